The van der Waals surface area contributed by atoms with Crippen molar-refractivity contribution in [3.05, 3.63) is 33.9 Å². The average molecular weight is 262 g/mol. The minimum absolute atomic E-state index is 0.00101. The molecule has 0 bridgehead atoms. The summed E-state index contributed by atoms with van der Waals surface area (Å²) in [5.74, 6) is -0.116. The molecule has 0 saturated heterocycles. The monoisotopic (exact) mass is 262 g/mol. The average Bonchev–Trinajstić information content (AvgIpc) is 2.37. The Kier molecular flexibility index (Phi) is 4.42. The van der Waals surface area contributed by atoms with Crippen molar-refractivity contribution in [3.63, 3.8) is 0 Å². The molecule has 0 fully saturated rings. The lowest BCUT2D eigenvalue weighted by Crippen LogP contribution is -2.34. The van der Waals surface area contributed by atoms with Crippen LogP contribution in [-0.2, 0) is 4.79 Å². The highest BCUT2D eigenvalue weighted by Gasteiger charge is 2.17. The van der Waals surface area contributed by atoms with Crippen molar-refractivity contribution in [2.75, 3.05) is 32.6 Å². The maximum Gasteiger partial charge on any atom is 0.289 e. The molecule has 0 aromatic heterocycles. The van der Waals surface area contributed by atoms with Crippen molar-refractivity contribution in [1.82, 2.24) is 4.90 Å². The molecule has 7 heteroatoms. The molecule has 1 amide bonds. The van der Waals surface area contributed by atoms with Crippen molar-refractivity contribution in [1.29, 1.82) is 5.26 Å². The van der Waals surface area contributed by atoms with Gasteiger partial charge < -0.3 is 9.80 Å². The number of hydrogen-bond acceptors (Lipinski definition) is 5. The molecular formula is C12H14N4O3. The van der Waals surface area contributed by atoms with E-state index in [9.17, 15) is 14.9 Å². The molecule has 7 nitrogen and oxygen atoms in total. The number of amides is 1. The predicted molar refractivity (Wildman–Crippen MR) is 69.8 cm³/mol. The summed E-state index contributed by atoms with van der Waals surface area (Å²) in [7, 11) is 4.93. The molecule has 0 spiro atoms. The number of rotatable bonds is 4. The molecule has 100 valence electrons. The lowest BCUT2D eigenvalue weighted by Gasteiger charge is -2.20. The second kappa shape index (κ2) is 5.82. The van der Waals surface area contributed by atoms with Gasteiger partial charge in [0, 0.05) is 32.9 Å². The summed E-state index contributed by atoms with van der Waals surface area (Å²) in [4.78, 5) is 24.8. The number of nitrogens with zero attached hydrogens (tertiary/aromatic N) is 4. The van der Waals surface area contributed by atoms with Gasteiger partial charge in [0.05, 0.1) is 11.5 Å². The van der Waals surface area contributed by atoms with Crippen LogP contribution in [0, 0.1) is 21.4 Å². The van der Waals surface area contributed by atoms with Crippen LogP contribution >= 0.6 is 0 Å². The van der Waals surface area contributed by atoms with Gasteiger partial charge in [0.25, 0.3) is 5.69 Å². The van der Waals surface area contributed by atoms with Crippen LogP contribution < -0.4 is 4.90 Å². The van der Waals surface area contributed by atoms with Crippen molar-refractivity contribution in [2.24, 2.45) is 0 Å². The molecule has 1 aromatic rings. The molecule has 0 aliphatic heterocycles. The van der Waals surface area contributed by atoms with Gasteiger partial charge in [0.15, 0.2) is 0 Å². The molecule has 0 aliphatic rings. The number of carbonyl (C=O) groups excluding carboxylic acids is 1. The Hall–Kier alpha value is -2.62. The summed E-state index contributed by atoms with van der Waals surface area (Å²) in [5, 5.41) is 19.6. The van der Waals surface area contributed by atoms with Crippen LogP contribution in [0.5, 0.6) is 0 Å². The first kappa shape index (κ1) is 14.4. The van der Waals surface area contributed by atoms with Gasteiger partial charge in [-0.05, 0) is 12.1 Å². The topological polar surface area (TPSA) is 90.5 Å². The zero-order valence-electron chi connectivity index (χ0n) is 11.0. The van der Waals surface area contributed by atoms with Crippen molar-refractivity contribution in [3.8, 4) is 6.07 Å². The summed E-state index contributed by atoms with van der Waals surface area (Å²) in [6.07, 6.45) is 0. The van der Waals surface area contributed by atoms with E-state index in [2.05, 4.69) is 0 Å². The van der Waals surface area contributed by atoms with E-state index in [4.69, 9.17) is 5.26 Å². The fourth-order valence-electron chi connectivity index (χ4n) is 1.44. The van der Waals surface area contributed by atoms with Gasteiger partial charge in [0.2, 0.25) is 5.91 Å². The van der Waals surface area contributed by atoms with Gasteiger partial charge in [0.1, 0.15) is 11.6 Å². The first-order valence-electron chi connectivity index (χ1n) is 5.46. The Bertz CT molecular complexity index is 548. The number of hydrogen-bond donors (Lipinski definition) is 0. The van der Waals surface area contributed by atoms with E-state index in [1.54, 1.807) is 38.2 Å². The van der Waals surface area contributed by atoms with Gasteiger partial charge in [-0.25, -0.2) is 0 Å². The fourth-order valence-corrected chi connectivity index (χ4v) is 1.44. The number of nitriles is 1. The maximum atomic E-state index is 11.6. The molecule has 19 heavy (non-hydrogen) atoms. The van der Waals surface area contributed by atoms with E-state index in [1.165, 1.54) is 17.0 Å². The highest BCUT2D eigenvalue weighted by Crippen LogP contribution is 2.24. The minimum Gasteiger partial charge on any atom is -0.365 e. The van der Waals surface area contributed by atoms with E-state index < -0.39 is 4.92 Å². The van der Waals surface area contributed by atoms with Gasteiger partial charge in [-0.3, -0.25) is 14.9 Å². The van der Waals surface area contributed by atoms with Crippen LogP contribution in [0.25, 0.3) is 0 Å². The fraction of sp³-hybridized carbons (Fsp3) is 0.333. The predicted octanol–water partition coefficient (Wildman–Crippen LogP) is 0.991. The van der Waals surface area contributed by atoms with Crippen molar-refractivity contribution >= 4 is 17.3 Å². The van der Waals surface area contributed by atoms with Crippen LogP contribution in [0.3, 0.4) is 0 Å². The van der Waals surface area contributed by atoms with Gasteiger partial charge >= 0.3 is 0 Å². The SMILES string of the molecule is CN(C)C(=O)CN(C)c1ccc(C#N)c([N+](=O)[O-])c1. The zero-order chi connectivity index (χ0) is 14.6. The number of likely N-dealkylation sites (N-methyl/N-ethyl adjacent to an activating group) is 2. The van der Waals surface area contributed by atoms with Crippen molar-refractivity contribution in [2.45, 2.75) is 0 Å². The summed E-state index contributed by atoms with van der Waals surface area (Å²) in [5.41, 5.74) is 0.256. The van der Waals surface area contributed by atoms with Gasteiger partial charge in [-0.15, -0.1) is 0 Å². The van der Waals surface area contributed by atoms with Gasteiger partial charge in [-0.2, -0.15) is 5.26 Å². The molecule has 1 rings (SSSR count). The molecule has 0 N–H and O–H groups in total. The summed E-state index contributed by atoms with van der Waals surface area (Å²) in [6.45, 7) is 0.107. The van der Waals surface area contributed by atoms with E-state index >= 15 is 0 Å². The summed E-state index contributed by atoms with van der Waals surface area (Å²) >= 11 is 0. The van der Waals surface area contributed by atoms with Crippen LogP contribution in [0.15, 0.2) is 18.2 Å². The number of anilines is 1. The standard InChI is InChI=1S/C12H14N4O3/c1-14(2)12(17)8-15(3)10-5-4-9(7-13)11(6-10)16(18)19/h4-6H,8H2,1-3H3. The molecule has 0 saturated carbocycles. The lowest BCUT2D eigenvalue weighted by atomic mass is 10.1. The molecule has 0 atom stereocenters. The second-order valence-electron chi connectivity index (χ2n) is 4.21. The third-order valence-electron chi connectivity index (χ3n) is 2.61. The third kappa shape index (κ3) is 3.42. The van der Waals surface area contributed by atoms with Crippen LogP contribution in [0.1, 0.15) is 5.56 Å². The smallest absolute Gasteiger partial charge is 0.289 e. The lowest BCUT2D eigenvalue weighted by molar-refractivity contribution is -0.385. The Labute approximate surface area is 110 Å². The van der Waals surface area contributed by atoms with Gasteiger partial charge in [-0.1, -0.05) is 0 Å². The number of carbonyl (C=O) groups is 1. The molecule has 0 radical (unpaired) electrons. The van der Waals surface area contributed by atoms with Crippen molar-refractivity contribution < 1.29 is 9.72 Å². The quantitative estimate of drug-likeness (QED) is 0.596. The van der Waals surface area contributed by atoms with E-state index in [-0.39, 0.29) is 23.7 Å². The molecule has 0 unspecified atom stereocenters. The van der Waals surface area contributed by atoms with Crippen LogP contribution in [-0.4, -0.2) is 43.4 Å². The number of nitro groups is 1. The first-order chi connectivity index (χ1) is 8.86. The molecule has 1 aromatic carbocycles. The highest BCUT2D eigenvalue weighted by atomic mass is 16.6. The van der Waals surface area contributed by atoms with E-state index in [1.807, 2.05) is 0 Å². The third-order valence-corrected chi connectivity index (χ3v) is 2.61. The maximum absolute atomic E-state index is 11.6. The molecule has 0 aliphatic carbocycles. The van der Waals surface area contributed by atoms with Crippen LogP contribution in [0.2, 0.25) is 0 Å². The Morgan fingerprint density at radius 1 is 1.42 bits per heavy atom. The Morgan fingerprint density at radius 3 is 2.53 bits per heavy atom. The highest BCUT2D eigenvalue weighted by molar-refractivity contribution is 5.81. The Balaban J connectivity index is 3.03. The molecule has 0 heterocycles. The minimum atomic E-state index is -0.607. The number of benzene rings is 1. The first-order valence-corrected chi connectivity index (χ1v) is 5.46. The van der Waals surface area contributed by atoms with Crippen LogP contribution in [0.4, 0.5) is 11.4 Å². The Morgan fingerprint density at radius 2 is 2.05 bits per heavy atom. The largest absolute Gasteiger partial charge is 0.365 e. The summed E-state index contributed by atoms with van der Waals surface area (Å²) < 4.78 is 0. The zero-order valence-corrected chi connectivity index (χ0v) is 11.0. The molecular weight excluding hydrogens is 248 g/mol. The van der Waals surface area contributed by atoms with E-state index in [0.717, 1.165) is 0 Å². The summed E-state index contributed by atoms with van der Waals surface area (Å²) in [6, 6.07) is 6.02. The normalized spacial score (nSPS) is 9.58. The van der Waals surface area contributed by atoms with E-state index in [0.29, 0.717) is 5.69 Å². The number of nitro benzene ring substituents is 1. The second-order valence-corrected chi connectivity index (χ2v) is 4.21.